The second-order valence-corrected chi connectivity index (χ2v) is 3.94. The Hall–Kier alpha value is -1.74. The number of carbonyl (C=O) groups excluding carboxylic acids is 1. The molecule has 1 amide bonds. The second-order valence-electron chi connectivity index (χ2n) is 3.53. The van der Waals surface area contributed by atoms with E-state index in [1.165, 1.54) is 13.0 Å². The van der Waals surface area contributed by atoms with Crippen LogP contribution < -0.4 is 5.32 Å². The lowest BCUT2D eigenvalue weighted by atomic mass is 10.1. The van der Waals surface area contributed by atoms with Gasteiger partial charge in [-0.2, -0.15) is 18.4 Å². The lowest BCUT2D eigenvalue weighted by molar-refractivity contribution is -0.137. The zero-order chi connectivity index (χ0) is 13.9. The topological polar surface area (TPSA) is 52.9 Å². The summed E-state index contributed by atoms with van der Waals surface area (Å²) in [4.78, 5) is 11.3. The van der Waals surface area contributed by atoms with Crippen molar-refractivity contribution in [1.29, 1.82) is 5.26 Å². The van der Waals surface area contributed by atoms with E-state index in [1.54, 1.807) is 6.07 Å². The molecule has 0 aliphatic heterocycles. The highest BCUT2D eigenvalue weighted by Crippen LogP contribution is 2.36. The number of nitrogens with one attached hydrogen (secondary N) is 1. The molecule has 1 rings (SSSR count). The monoisotopic (exact) mass is 276 g/mol. The molecule has 18 heavy (non-hydrogen) atoms. The maximum absolute atomic E-state index is 12.5. The van der Waals surface area contributed by atoms with Crippen LogP contribution in [0.2, 0.25) is 5.02 Å². The molecule has 0 aliphatic carbocycles. The fraction of sp³-hybridized carbons (Fsp3) is 0.273. The predicted octanol–water partition coefficient (Wildman–Crippen LogP) is 3.46. The highest BCUT2D eigenvalue weighted by Gasteiger charge is 2.33. The molecule has 1 aromatic carbocycles. The first-order chi connectivity index (χ1) is 8.25. The average Bonchev–Trinajstić information content (AvgIpc) is 2.29. The Labute approximate surface area is 106 Å². The summed E-state index contributed by atoms with van der Waals surface area (Å²) in [6.45, 7) is 1.34. The van der Waals surface area contributed by atoms with Crippen LogP contribution in [0.4, 0.5) is 18.9 Å². The van der Waals surface area contributed by atoms with Crippen LogP contribution in [0.5, 0.6) is 0 Å². The summed E-state index contributed by atoms with van der Waals surface area (Å²) in [5.41, 5.74) is -1.09. The van der Waals surface area contributed by atoms with Gasteiger partial charge in [-0.3, -0.25) is 4.79 Å². The number of rotatable bonds is 2. The molecule has 0 spiro atoms. The molecule has 0 radical (unpaired) electrons. The molecule has 1 N–H and O–H groups in total. The molecule has 1 unspecified atom stereocenters. The van der Waals surface area contributed by atoms with Gasteiger partial charge in [-0.15, -0.1) is 0 Å². The van der Waals surface area contributed by atoms with Gasteiger partial charge >= 0.3 is 6.18 Å². The molecule has 0 saturated heterocycles. The molecule has 1 aromatic rings. The Kier molecular flexibility index (Phi) is 4.19. The normalized spacial score (nSPS) is 12.7. The van der Waals surface area contributed by atoms with Crippen molar-refractivity contribution in [2.75, 3.05) is 5.32 Å². The van der Waals surface area contributed by atoms with Gasteiger partial charge in [0.15, 0.2) is 0 Å². The molecule has 0 aliphatic rings. The summed E-state index contributed by atoms with van der Waals surface area (Å²) < 4.78 is 37.6. The fourth-order valence-electron chi connectivity index (χ4n) is 1.13. The second kappa shape index (κ2) is 5.27. The van der Waals surface area contributed by atoms with E-state index in [-0.39, 0.29) is 5.69 Å². The Balaban J connectivity index is 3.01. The Morgan fingerprint density at radius 2 is 2.11 bits per heavy atom. The molecule has 7 heteroatoms. The van der Waals surface area contributed by atoms with Crippen LogP contribution in [0.1, 0.15) is 12.5 Å². The van der Waals surface area contributed by atoms with Crippen LogP contribution in [0.3, 0.4) is 0 Å². The van der Waals surface area contributed by atoms with E-state index in [4.69, 9.17) is 16.9 Å². The molecule has 1 atom stereocenters. The van der Waals surface area contributed by atoms with Gasteiger partial charge in [0, 0.05) is 5.69 Å². The highest BCUT2D eigenvalue weighted by atomic mass is 35.5. The third kappa shape index (κ3) is 3.37. The predicted molar refractivity (Wildman–Crippen MR) is 59.9 cm³/mol. The number of hydrogen-bond acceptors (Lipinski definition) is 2. The lowest BCUT2D eigenvalue weighted by Crippen LogP contribution is -2.19. The van der Waals surface area contributed by atoms with Crippen molar-refractivity contribution in [1.82, 2.24) is 0 Å². The summed E-state index contributed by atoms with van der Waals surface area (Å²) in [7, 11) is 0. The van der Waals surface area contributed by atoms with Crippen LogP contribution in [0.15, 0.2) is 18.2 Å². The average molecular weight is 277 g/mol. The van der Waals surface area contributed by atoms with E-state index in [9.17, 15) is 18.0 Å². The van der Waals surface area contributed by atoms with Crippen molar-refractivity contribution in [3.63, 3.8) is 0 Å². The minimum absolute atomic E-state index is 0.0566. The van der Waals surface area contributed by atoms with Crippen molar-refractivity contribution >= 4 is 23.2 Å². The van der Waals surface area contributed by atoms with Gasteiger partial charge in [0.2, 0.25) is 5.91 Å². The lowest BCUT2D eigenvalue weighted by Gasteiger charge is -2.12. The fourth-order valence-corrected chi connectivity index (χ4v) is 1.35. The largest absolute Gasteiger partial charge is 0.417 e. The number of benzene rings is 1. The van der Waals surface area contributed by atoms with E-state index >= 15 is 0 Å². The van der Waals surface area contributed by atoms with Gasteiger partial charge in [-0.25, -0.2) is 0 Å². The molecule has 0 heterocycles. The molecule has 96 valence electrons. The summed E-state index contributed by atoms with van der Waals surface area (Å²) in [6, 6.07) is 4.68. The van der Waals surface area contributed by atoms with E-state index in [2.05, 4.69) is 5.32 Å². The summed E-state index contributed by atoms with van der Waals surface area (Å²) in [6.07, 6.45) is -4.60. The van der Waals surface area contributed by atoms with Crippen LogP contribution in [0, 0.1) is 17.2 Å². The maximum atomic E-state index is 12.5. The first-order valence-corrected chi connectivity index (χ1v) is 5.20. The number of carbonyl (C=O) groups is 1. The van der Waals surface area contributed by atoms with Crippen molar-refractivity contribution < 1.29 is 18.0 Å². The van der Waals surface area contributed by atoms with Gasteiger partial charge in [-0.1, -0.05) is 11.6 Å². The summed E-state index contributed by atoms with van der Waals surface area (Å²) in [5.74, 6) is -1.62. The maximum Gasteiger partial charge on any atom is 0.417 e. The molecule has 0 fully saturated rings. The molecule has 0 aromatic heterocycles. The van der Waals surface area contributed by atoms with Gasteiger partial charge in [0.25, 0.3) is 0 Å². The smallest absolute Gasteiger partial charge is 0.325 e. The number of halogens is 4. The highest BCUT2D eigenvalue weighted by molar-refractivity contribution is 6.31. The minimum Gasteiger partial charge on any atom is -0.325 e. The molecular weight excluding hydrogens is 269 g/mol. The van der Waals surface area contributed by atoms with Crippen molar-refractivity contribution in [2.24, 2.45) is 5.92 Å². The number of nitriles is 1. The SMILES string of the molecule is CC(C#N)C(=O)Nc1ccc(Cl)c(C(F)(F)F)c1. The Morgan fingerprint density at radius 1 is 1.50 bits per heavy atom. The molecular formula is C11H8ClF3N2O. The number of anilines is 1. The Bertz CT molecular complexity index is 508. The van der Waals surface area contributed by atoms with Crippen molar-refractivity contribution in [3.05, 3.63) is 28.8 Å². The number of nitrogens with zero attached hydrogens (tertiary/aromatic N) is 1. The van der Waals surface area contributed by atoms with E-state index in [0.29, 0.717) is 0 Å². The van der Waals surface area contributed by atoms with Gasteiger partial charge < -0.3 is 5.32 Å². The van der Waals surface area contributed by atoms with E-state index in [0.717, 1.165) is 12.1 Å². The van der Waals surface area contributed by atoms with Gasteiger partial charge in [0.05, 0.1) is 16.7 Å². The number of hydrogen-bond donors (Lipinski definition) is 1. The third-order valence-corrected chi connectivity index (χ3v) is 2.46. The van der Waals surface area contributed by atoms with Crippen molar-refractivity contribution in [3.8, 4) is 6.07 Å². The van der Waals surface area contributed by atoms with Gasteiger partial charge in [-0.05, 0) is 25.1 Å². The standard InChI is InChI=1S/C11H8ClF3N2O/c1-6(5-16)10(18)17-7-2-3-9(12)8(4-7)11(13,14)15/h2-4,6H,1H3,(H,17,18). The first-order valence-electron chi connectivity index (χ1n) is 4.83. The van der Waals surface area contributed by atoms with Crippen LogP contribution in [-0.4, -0.2) is 5.91 Å². The minimum atomic E-state index is -4.60. The van der Waals surface area contributed by atoms with Crippen molar-refractivity contribution in [2.45, 2.75) is 13.1 Å². The van der Waals surface area contributed by atoms with E-state index in [1.807, 2.05) is 0 Å². The molecule has 0 bridgehead atoms. The van der Waals surface area contributed by atoms with Crippen LogP contribution >= 0.6 is 11.6 Å². The van der Waals surface area contributed by atoms with Gasteiger partial charge in [0.1, 0.15) is 5.92 Å². The summed E-state index contributed by atoms with van der Waals surface area (Å²) >= 11 is 5.42. The van der Waals surface area contributed by atoms with Crippen LogP contribution in [0.25, 0.3) is 0 Å². The third-order valence-electron chi connectivity index (χ3n) is 2.13. The zero-order valence-corrected chi connectivity index (χ0v) is 9.93. The van der Waals surface area contributed by atoms with Crippen LogP contribution in [-0.2, 0) is 11.0 Å². The Morgan fingerprint density at radius 3 is 2.61 bits per heavy atom. The quantitative estimate of drug-likeness (QED) is 0.899. The van der Waals surface area contributed by atoms with E-state index < -0.39 is 28.6 Å². The summed E-state index contributed by atoms with van der Waals surface area (Å²) in [5, 5.41) is 10.3. The molecule has 0 saturated carbocycles. The first kappa shape index (κ1) is 14.3. The molecule has 3 nitrogen and oxygen atoms in total. The number of amides is 1. The zero-order valence-electron chi connectivity index (χ0n) is 9.18. The number of alkyl halides is 3.